The van der Waals surface area contributed by atoms with Gasteiger partial charge in [0.05, 0.1) is 6.10 Å². The van der Waals surface area contributed by atoms with Crippen LogP contribution in [0.2, 0.25) is 0 Å². The summed E-state index contributed by atoms with van der Waals surface area (Å²) in [6.07, 6.45) is 12.1. The number of carbonyl (C=O) groups excluding carboxylic acids is 2. The van der Waals surface area contributed by atoms with Gasteiger partial charge in [0.15, 0.2) is 0 Å². The maximum atomic E-state index is 12.4. The highest BCUT2D eigenvalue weighted by Gasteiger charge is 2.42. The van der Waals surface area contributed by atoms with Crippen LogP contribution in [0.15, 0.2) is 24.3 Å². The number of hydrogen-bond acceptors (Lipinski definition) is 5. The van der Waals surface area contributed by atoms with Crippen LogP contribution in [-0.2, 0) is 19.1 Å². The van der Waals surface area contributed by atoms with Crippen molar-refractivity contribution in [2.24, 2.45) is 11.8 Å². The highest BCUT2D eigenvalue weighted by atomic mass is 16.5. The van der Waals surface area contributed by atoms with Crippen LogP contribution >= 0.6 is 0 Å². The largest absolute Gasteiger partial charge is 0.481 e. The molecule has 1 saturated carbocycles. The Hall–Kier alpha value is -1.95. The van der Waals surface area contributed by atoms with Crippen molar-refractivity contribution >= 4 is 17.7 Å². The van der Waals surface area contributed by atoms with Crippen molar-refractivity contribution in [2.45, 2.75) is 83.8 Å². The van der Waals surface area contributed by atoms with Crippen molar-refractivity contribution in [3.8, 4) is 0 Å². The van der Waals surface area contributed by atoms with E-state index in [0.29, 0.717) is 25.7 Å². The SMILES string of the molecule is CCCCC[C@H](O)/C=C/[C@H]1[C@H](OC(C)=O)CC(=O)[C@@H]1C/C=C\CCCC(=O)O. The number of carbonyl (C=O) groups is 3. The standard InChI is InChI=1S/C22H34O6/c1-3-4-7-10-17(24)13-14-19-18(11-8-5-6-9-12-22(26)27)20(25)15-21(19)28-16(2)23/h5,8,13-14,17-19,21,24H,3-4,6-7,9-12,15H2,1-2H3,(H,26,27)/b8-5-,14-13+/t17-,18+,19+,21+/m0/s1. The molecule has 0 saturated heterocycles. The molecule has 0 radical (unpaired) electrons. The van der Waals surface area contributed by atoms with Crippen molar-refractivity contribution in [1.29, 1.82) is 0 Å². The highest BCUT2D eigenvalue weighted by molar-refractivity contribution is 5.85. The first kappa shape index (κ1) is 24.1. The first-order chi connectivity index (χ1) is 13.3. The van der Waals surface area contributed by atoms with Gasteiger partial charge in [0.25, 0.3) is 0 Å². The van der Waals surface area contributed by atoms with Crippen LogP contribution in [0.25, 0.3) is 0 Å². The minimum absolute atomic E-state index is 0.0524. The predicted molar refractivity (Wildman–Crippen MR) is 107 cm³/mol. The van der Waals surface area contributed by atoms with Gasteiger partial charge in [0, 0.05) is 31.6 Å². The number of esters is 1. The second kappa shape index (κ2) is 13.3. The molecular formula is C22H34O6. The van der Waals surface area contributed by atoms with E-state index in [1.54, 1.807) is 6.08 Å². The molecule has 2 N–H and O–H groups in total. The summed E-state index contributed by atoms with van der Waals surface area (Å²) in [4.78, 5) is 34.4. The van der Waals surface area contributed by atoms with Crippen LogP contribution in [0.1, 0.15) is 71.6 Å². The molecule has 0 aromatic carbocycles. The lowest BCUT2D eigenvalue weighted by Gasteiger charge is -2.20. The third-order valence-electron chi connectivity index (χ3n) is 5.00. The predicted octanol–water partition coefficient (Wildman–Crippen LogP) is 3.82. The molecule has 0 bridgehead atoms. The lowest BCUT2D eigenvalue weighted by atomic mass is 9.90. The van der Waals surface area contributed by atoms with Crippen molar-refractivity contribution in [3.05, 3.63) is 24.3 Å². The number of aliphatic carboxylic acids is 1. The van der Waals surface area contributed by atoms with Gasteiger partial charge in [-0.1, -0.05) is 50.5 Å². The maximum absolute atomic E-state index is 12.4. The quantitative estimate of drug-likeness (QED) is 0.280. The Morgan fingerprint density at radius 3 is 2.64 bits per heavy atom. The molecule has 0 unspecified atom stereocenters. The molecule has 0 spiro atoms. The second-order valence-corrected chi connectivity index (χ2v) is 7.44. The van der Waals surface area contributed by atoms with E-state index in [2.05, 4.69) is 6.92 Å². The number of hydrogen-bond donors (Lipinski definition) is 2. The fourth-order valence-electron chi connectivity index (χ4n) is 3.53. The minimum Gasteiger partial charge on any atom is -0.481 e. The fourth-order valence-corrected chi connectivity index (χ4v) is 3.53. The van der Waals surface area contributed by atoms with Crippen LogP contribution < -0.4 is 0 Å². The third kappa shape index (κ3) is 9.31. The van der Waals surface area contributed by atoms with Gasteiger partial charge in [0.1, 0.15) is 11.9 Å². The van der Waals surface area contributed by atoms with Crippen molar-refractivity contribution < 1.29 is 29.3 Å². The molecule has 0 amide bonds. The zero-order chi connectivity index (χ0) is 20.9. The Labute approximate surface area is 167 Å². The van der Waals surface area contributed by atoms with Gasteiger partial charge in [-0.05, 0) is 25.7 Å². The molecule has 0 aliphatic heterocycles. The molecule has 1 rings (SSSR count). The molecule has 0 aromatic rings. The van der Waals surface area contributed by atoms with E-state index in [9.17, 15) is 19.5 Å². The Bertz CT molecular complexity index is 565. The molecule has 1 fully saturated rings. The summed E-state index contributed by atoms with van der Waals surface area (Å²) in [5.74, 6) is -1.72. The van der Waals surface area contributed by atoms with Crippen molar-refractivity contribution in [1.82, 2.24) is 0 Å². The number of unbranched alkanes of at least 4 members (excludes halogenated alkanes) is 3. The molecule has 6 nitrogen and oxygen atoms in total. The topological polar surface area (TPSA) is 101 Å². The van der Waals surface area contributed by atoms with Crippen LogP contribution in [0.5, 0.6) is 0 Å². The van der Waals surface area contributed by atoms with Crippen molar-refractivity contribution in [3.63, 3.8) is 0 Å². The second-order valence-electron chi connectivity index (χ2n) is 7.44. The number of allylic oxidation sites excluding steroid dienone is 2. The normalized spacial score (nSPS) is 23.5. The smallest absolute Gasteiger partial charge is 0.303 e. The Morgan fingerprint density at radius 1 is 1.25 bits per heavy atom. The van der Waals surface area contributed by atoms with Gasteiger partial charge in [-0.25, -0.2) is 0 Å². The van der Waals surface area contributed by atoms with E-state index in [0.717, 1.165) is 19.3 Å². The lowest BCUT2D eigenvalue weighted by molar-refractivity contribution is -0.147. The zero-order valence-electron chi connectivity index (χ0n) is 17.0. The Morgan fingerprint density at radius 2 is 2.00 bits per heavy atom. The molecule has 1 aliphatic rings. The van der Waals surface area contributed by atoms with E-state index in [1.165, 1.54) is 6.92 Å². The summed E-state index contributed by atoms with van der Waals surface area (Å²) in [6.45, 7) is 3.44. The highest BCUT2D eigenvalue weighted by Crippen LogP contribution is 2.35. The molecule has 158 valence electrons. The van der Waals surface area contributed by atoms with E-state index < -0.39 is 24.1 Å². The van der Waals surface area contributed by atoms with Gasteiger partial charge in [-0.3, -0.25) is 14.4 Å². The van der Waals surface area contributed by atoms with Crippen LogP contribution in [0, 0.1) is 11.8 Å². The number of carboxylic acids is 1. The van der Waals surface area contributed by atoms with Gasteiger partial charge >= 0.3 is 11.9 Å². The van der Waals surface area contributed by atoms with Crippen molar-refractivity contribution in [2.75, 3.05) is 0 Å². The van der Waals surface area contributed by atoms with E-state index >= 15 is 0 Å². The molecule has 0 heterocycles. The van der Waals surface area contributed by atoms with Crippen LogP contribution in [0.3, 0.4) is 0 Å². The summed E-state index contributed by atoms with van der Waals surface area (Å²) in [7, 11) is 0. The molecule has 0 aromatic heterocycles. The average Bonchev–Trinajstić information content (AvgIpc) is 2.90. The number of Topliss-reactive ketones (excluding diaryl/α,β-unsaturated/α-hetero) is 1. The number of ketones is 1. The third-order valence-corrected chi connectivity index (χ3v) is 5.00. The van der Waals surface area contributed by atoms with Crippen LogP contribution in [-0.4, -0.2) is 40.1 Å². The number of ether oxygens (including phenoxy) is 1. The Balaban J connectivity index is 2.69. The monoisotopic (exact) mass is 394 g/mol. The van der Waals surface area contributed by atoms with Gasteiger partial charge in [-0.15, -0.1) is 0 Å². The van der Waals surface area contributed by atoms with Gasteiger partial charge in [0.2, 0.25) is 0 Å². The summed E-state index contributed by atoms with van der Waals surface area (Å²) >= 11 is 0. The summed E-state index contributed by atoms with van der Waals surface area (Å²) in [5, 5.41) is 18.8. The van der Waals surface area contributed by atoms with E-state index in [4.69, 9.17) is 9.84 Å². The lowest BCUT2D eigenvalue weighted by Crippen LogP contribution is -2.23. The van der Waals surface area contributed by atoms with E-state index in [1.807, 2.05) is 18.2 Å². The number of rotatable bonds is 13. The van der Waals surface area contributed by atoms with Crippen LogP contribution in [0.4, 0.5) is 0 Å². The number of aliphatic hydroxyl groups is 1. The summed E-state index contributed by atoms with van der Waals surface area (Å²) in [6, 6.07) is 0. The summed E-state index contributed by atoms with van der Waals surface area (Å²) < 4.78 is 5.34. The molecular weight excluding hydrogens is 360 g/mol. The summed E-state index contributed by atoms with van der Waals surface area (Å²) in [5.41, 5.74) is 0. The number of aliphatic hydroxyl groups excluding tert-OH is 1. The average molecular weight is 395 g/mol. The molecule has 1 aliphatic carbocycles. The van der Waals surface area contributed by atoms with Gasteiger partial charge < -0.3 is 14.9 Å². The molecule has 28 heavy (non-hydrogen) atoms. The molecule has 6 heteroatoms. The molecule has 4 atom stereocenters. The maximum Gasteiger partial charge on any atom is 0.303 e. The van der Waals surface area contributed by atoms with E-state index in [-0.39, 0.29) is 30.5 Å². The fraction of sp³-hybridized carbons (Fsp3) is 0.682. The first-order valence-electron chi connectivity index (χ1n) is 10.3. The minimum atomic E-state index is -0.814. The number of carboxylic acid groups (broad SMARTS) is 1. The van der Waals surface area contributed by atoms with Gasteiger partial charge in [-0.2, -0.15) is 0 Å². The Kier molecular flexibility index (Phi) is 11.4. The zero-order valence-corrected chi connectivity index (χ0v) is 17.0. The first-order valence-corrected chi connectivity index (χ1v) is 10.3.